The van der Waals surface area contributed by atoms with Gasteiger partial charge in [-0.15, -0.1) is 0 Å². The molecule has 3 heteroatoms. The summed E-state index contributed by atoms with van der Waals surface area (Å²) in [4.78, 5) is 0. The van der Waals surface area contributed by atoms with Crippen molar-refractivity contribution in [3.8, 4) is 11.5 Å². The van der Waals surface area contributed by atoms with E-state index in [1.807, 2.05) is 19.1 Å². The summed E-state index contributed by atoms with van der Waals surface area (Å²) >= 11 is 5.65. The lowest BCUT2D eigenvalue weighted by atomic mass is 10.2. The molecular formula is C14H15ClO2. The predicted molar refractivity (Wildman–Crippen MR) is 70.7 cm³/mol. The minimum absolute atomic E-state index is 0.252. The number of halogens is 1. The molecule has 0 aromatic heterocycles. The third kappa shape index (κ3) is 4.37. The molecule has 0 aliphatic rings. The van der Waals surface area contributed by atoms with E-state index in [-0.39, 0.29) is 5.75 Å². The van der Waals surface area contributed by atoms with E-state index in [1.165, 1.54) is 5.56 Å². The Morgan fingerprint density at radius 3 is 1.88 bits per heavy atom. The molecule has 0 saturated heterocycles. The van der Waals surface area contributed by atoms with Gasteiger partial charge in [-0.3, -0.25) is 0 Å². The molecule has 0 aliphatic heterocycles. The van der Waals surface area contributed by atoms with Crippen LogP contribution in [-0.2, 0) is 0 Å². The Morgan fingerprint density at radius 2 is 1.47 bits per heavy atom. The molecule has 0 radical (unpaired) electrons. The zero-order chi connectivity index (χ0) is 12.8. The molecule has 0 heterocycles. The fourth-order valence-electron chi connectivity index (χ4n) is 1.14. The first kappa shape index (κ1) is 13.4. The van der Waals surface area contributed by atoms with Gasteiger partial charge in [-0.2, -0.15) is 0 Å². The number of benzene rings is 2. The maximum atomic E-state index is 9.02. The fraction of sp³-hybridized carbons (Fsp3) is 0.143. The zero-order valence-electron chi connectivity index (χ0n) is 9.81. The van der Waals surface area contributed by atoms with E-state index < -0.39 is 0 Å². The second-order valence-corrected chi connectivity index (χ2v) is 4.13. The molecule has 0 unspecified atom stereocenters. The SMILES string of the molecule is Cc1c(O)cccc1Cl.Cc1ccc(O)cc1. The van der Waals surface area contributed by atoms with Crippen molar-refractivity contribution in [1.29, 1.82) is 0 Å². The third-order valence-electron chi connectivity index (χ3n) is 2.27. The molecule has 0 aliphatic carbocycles. The highest BCUT2D eigenvalue weighted by atomic mass is 35.5. The summed E-state index contributed by atoms with van der Waals surface area (Å²) in [6.07, 6.45) is 0. The largest absolute Gasteiger partial charge is 0.508 e. The zero-order valence-corrected chi connectivity index (χ0v) is 10.6. The number of aromatic hydroxyl groups is 2. The average Bonchev–Trinajstić information content (AvgIpc) is 2.31. The molecule has 2 nitrogen and oxygen atoms in total. The van der Waals surface area contributed by atoms with Crippen LogP contribution in [0.25, 0.3) is 0 Å². The first-order valence-electron chi connectivity index (χ1n) is 5.20. The topological polar surface area (TPSA) is 40.5 Å². The van der Waals surface area contributed by atoms with Gasteiger partial charge in [0.15, 0.2) is 0 Å². The van der Waals surface area contributed by atoms with Gasteiger partial charge in [-0.25, -0.2) is 0 Å². The van der Waals surface area contributed by atoms with E-state index in [2.05, 4.69) is 0 Å². The van der Waals surface area contributed by atoms with E-state index in [4.69, 9.17) is 21.8 Å². The summed E-state index contributed by atoms with van der Waals surface area (Å²) in [6.45, 7) is 3.76. The van der Waals surface area contributed by atoms with Gasteiger partial charge in [0.2, 0.25) is 0 Å². The molecule has 0 amide bonds. The Hall–Kier alpha value is -1.67. The molecule has 2 rings (SSSR count). The van der Waals surface area contributed by atoms with Crippen LogP contribution in [0.5, 0.6) is 11.5 Å². The molecular weight excluding hydrogens is 236 g/mol. The molecule has 2 aromatic carbocycles. The molecule has 17 heavy (non-hydrogen) atoms. The highest BCUT2D eigenvalue weighted by molar-refractivity contribution is 6.31. The molecule has 0 atom stereocenters. The average molecular weight is 251 g/mol. The van der Waals surface area contributed by atoms with Gasteiger partial charge in [-0.05, 0) is 38.1 Å². The summed E-state index contributed by atoms with van der Waals surface area (Å²) in [5, 5.41) is 18.4. The van der Waals surface area contributed by atoms with Crippen molar-refractivity contribution in [3.63, 3.8) is 0 Å². The van der Waals surface area contributed by atoms with Crippen LogP contribution in [0.15, 0.2) is 42.5 Å². The smallest absolute Gasteiger partial charge is 0.119 e. The van der Waals surface area contributed by atoms with Crippen LogP contribution in [0.2, 0.25) is 5.02 Å². The molecule has 90 valence electrons. The van der Waals surface area contributed by atoms with Gasteiger partial charge < -0.3 is 10.2 Å². The lowest BCUT2D eigenvalue weighted by Crippen LogP contribution is -1.73. The quantitative estimate of drug-likeness (QED) is 0.740. The van der Waals surface area contributed by atoms with E-state index in [1.54, 1.807) is 37.3 Å². The second kappa shape index (κ2) is 6.16. The standard InChI is InChI=1S/C7H7ClO.C7H8O/c1-5-6(8)3-2-4-7(5)9;1-6-2-4-7(8)5-3-6/h2-4,9H,1H3;2-5,8H,1H3. The first-order valence-corrected chi connectivity index (χ1v) is 5.58. The Morgan fingerprint density at radius 1 is 0.882 bits per heavy atom. The van der Waals surface area contributed by atoms with Crippen LogP contribution in [0.1, 0.15) is 11.1 Å². The van der Waals surface area contributed by atoms with Gasteiger partial charge in [0.05, 0.1) is 0 Å². The number of phenolic OH excluding ortho intramolecular Hbond substituents is 2. The maximum Gasteiger partial charge on any atom is 0.119 e. The highest BCUT2D eigenvalue weighted by Gasteiger charge is 1.96. The summed E-state index contributed by atoms with van der Waals surface area (Å²) < 4.78 is 0. The summed E-state index contributed by atoms with van der Waals surface area (Å²) in [7, 11) is 0. The number of aryl methyl sites for hydroxylation is 1. The van der Waals surface area contributed by atoms with Crippen molar-refractivity contribution in [2.45, 2.75) is 13.8 Å². The Bertz CT molecular complexity index is 437. The van der Waals surface area contributed by atoms with Gasteiger partial charge in [-0.1, -0.05) is 35.4 Å². The van der Waals surface area contributed by atoms with Crippen molar-refractivity contribution >= 4 is 11.6 Å². The lowest BCUT2D eigenvalue weighted by molar-refractivity contribution is 0.471. The molecule has 0 spiro atoms. The van der Waals surface area contributed by atoms with Gasteiger partial charge in [0.25, 0.3) is 0 Å². The van der Waals surface area contributed by atoms with Crippen molar-refractivity contribution < 1.29 is 10.2 Å². The van der Waals surface area contributed by atoms with Crippen LogP contribution >= 0.6 is 11.6 Å². The minimum Gasteiger partial charge on any atom is -0.508 e. The molecule has 0 saturated carbocycles. The molecule has 0 bridgehead atoms. The molecule has 2 aromatic rings. The summed E-state index contributed by atoms with van der Waals surface area (Å²) in [5.74, 6) is 0.582. The van der Waals surface area contributed by atoms with Crippen LogP contribution < -0.4 is 0 Å². The number of hydrogen-bond donors (Lipinski definition) is 2. The van der Waals surface area contributed by atoms with E-state index in [0.717, 1.165) is 5.56 Å². The Labute approximate surface area is 106 Å². The van der Waals surface area contributed by atoms with E-state index in [0.29, 0.717) is 10.8 Å². The number of phenols is 2. The Kier molecular flexibility index (Phi) is 4.85. The van der Waals surface area contributed by atoms with Crippen LogP contribution in [0.3, 0.4) is 0 Å². The first-order chi connectivity index (χ1) is 8.00. The summed E-state index contributed by atoms with van der Waals surface area (Å²) in [5.41, 5.74) is 1.90. The van der Waals surface area contributed by atoms with Crippen LogP contribution in [0, 0.1) is 13.8 Å². The predicted octanol–water partition coefficient (Wildman–Crippen LogP) is 4.05. The van der Waals surface area contributed by atoms with Gasteiger partial charge >= 0.3 is 0 Å². The van der Waals surface area contributed by atoms with Crippen molar-refractivity contribution in [1.82, 2.24) is 0 Å². The molecule has 0 fully saturated rings. The normalized spacial score (nSPS) is 9.35. The Balaban J connectivity index is 0.000000171. The van der Waals surface area contributed by atoms with Crippen molar-refractivity contribution in [2.24, 2.45) is 0 Å². The number of rotatable bonds is 0. The highest BCUT2D eigenvalue weighted by Crippen LogP contribution is 2.22. The second-order valence-electron chi connectivity index (χ2n) is 3.72. The van der Waals surface area contributed by atoms with Gasteiger partial charge in [0, 0.05) is 10.6 Å². The monoisotopic (exact) mass is 250 g/mol. The third-order valence-corrected chi connectivity index (χ3v) is 2.68. The van der Waals surface area contributed by atoms with Gasteiger partial charge in [0.1, 0.15) is 11.5 Å². The van der Waals surface area contributed by atoms with Crippen molar-refractivity contribution in [2.75, 3.05) is 0 Å². The minimum atomic E-state index is 0.252. The lowest BCUT2D eigenvalue weighted by Gasteiger charge is -1.97. The fourth-order valence-corrected chi connectivity index (χ4v) is 1.31. The maximum absolute atomic E-state index is 9.02. The van der Waals surface area contributed by atoms with Crippen LogP contribution in [0.4, 0.5) is 0 Å². The van der Waals surface area contributed by atoms with Crippen molar-refractivity contribution in [3.05, 3.63) is 58.6 Å². The molecule has 2 N–H and O–H groups in total. The van der Waals surface area contributed by atoms with Crippen LogP contribution in [-0.4, -0.2) is 10.2 Å². The summed E-state index contributed by atoms with van der Waals surface area (Å²) in [6, 6.07) is 12.2. The number of hydrogen-bond acceptors (Lipinski definition) is 2. The van der Waals surface area contributed by atoms with E-state index >= 15 is 0 Å². The van der Waals surface area contributed by atoms with E-state index in [9.17, 15) is 0 Å².